The number of carbonyl (C=O) groups is 2. The van der Waals surface area contributed by atoms with Crippen LogP contribution in [-0.2, 0) is 9.59 Å². The molecule has 4 heteroatoms. The van der Waals surface area contributed by atoms with Crippen LogP contribution in [0.4, 0.5) is 0 Å². The molecule has 0 aromatic carbocycles. The lowest BCUT2D eigenvalue weighted by molar-refractivity contribution is -0.121. The molecule has 0 radical (unpaired) electrons. The monoisotopic (exact) mass is 216 g/mol. The van der Waals surface area contributed by atoms with Gasteiger partial charge in [-0.05, 0) is 11.8 Å². The average Bonchev–Trinajstić information content (AvgIpc) is 2.14. The summed E-state index contributed by atoms with van der Waals surface area (Å²) < 4.78 is 0. The molecule has 0 rings (SSSR count). The molecule has 0 aliphatic heterocycles. The summed E-state index contributed by atoms with van der Waals surface area (Å²) in [5.74, 6) is 0.139. The number of amides is 2. The zero-order chi connectivity index (χ0) is 12.5. The van der Waals surface area contributed by atoms with Crippen molar-refractivity contribution < 1.29 is 9.59 Å². The molecule has 0 aromatic rings. The van der Waals surface area contributed by atoms with Crippen LogP contribution in [0.15, 0.2) is 0 Å². The van der Waals surface area contributed by atoms with Gasteiger partial charge in [-0.1, -0.05) is 20.8 Å². The van der Waals surface area contributed by atoms with Gasteiger partial charge in [0, 0.05) is 27.4 Å². The van der Waals surface area contributed by atoms with Crippen LogP contribution in [-0.4, -0.2) is 25.9 Å². The lowest BCUT2D eigenvalue weighted by Gasteiger charge is -2.16. The molecule has 0 spiro atoms. The van der Waals surface area contributed by atoms with Crippen LogP contribution in [0.5, 0.6) is 0 Å². The Hall–Kier alpha value is -1.06. The Balaban J connectivity index is 0. The largest absolute Gasteiger partial charge is 0.359 e. The topological polar surface area (TPSA) is 58.2 Å². The lowest BCUT2D eigenvalue weighted by atomic mass is 9.90. The fourth-order valence-electron chi connectivity index (χ4n) is 0.614. The first-order valence-corrected chi connectivity index (χ1v) is 5.12. The van der Waals surface area contributed by atoms with Crippen molar-refractivity contribution in [2.45, 2.75) is 40.5 Å². The number of rotatable bonds is 2. The molecule has 0 fully saturated rings. The summed E-state index contributed by atoms with van der Waals surface area (Å²) in [6.07, 6.45) is 1.59. The zero-order valence-electron chi connectivity index (χ0n) is 10.7. The van der Waals surface area contributed by atoms with Gasteiger partial charge in [-0.25, -0.2) is 0 Å². The van der Waals surface area contributed by atoms with Gasteiger partial charge in [0.2, 0.25) is 11.8 Å². The van der Waals surface area contributed by atoms with Crippen molar-refractivity contribution in [3.05, 3.63) is 0 Å². The van der Waals surface area contributed by atoms with E-state index in [0.717, 1.165) is 6.42 Å². The molecule has 2 amide bonds. The molecule has 90 valence electrons. The third kappa shape index (κ3) is 19.4. The summed E-state index contributed by atoms with van der Waals surface area (Å²) in [6, 6.07) is 0. The summed E-state index contributed by atoms with van der Waals surface area (Å²) >= 11 is 0. The summed E-state index contributed by atoms with van der Waals surface area (Å²) in [4.78, 5) is 20.4. The lowest BCUT2D eigenvalue weighted by Crippen LogP contribution is -2.19. The Labute approximate surface area is 92.8 Å². The minimum absolute atomic E-state index is 0.00463. The number of carbonyl (C=O) groups excluding carboxylic acids is 2. The van der Waals surface area contributed by atoms with Crippen molar-refractivity contribution in [2.75, 3.05) is 14.1 Å². The van der Waals surface area contributed by atoms with E-state index in [9.17, 15) is 9.59 Å². The highest BCUT2D eigenvalue weighted by Gasteiger charge is 2.11. The molecule has 0 saturated carbocycles. The molecule has 15 heavy (non-hydrogen) atoms. The number of hydrogen-bond donors (Lipinski definition) is 2. The predicted molar refractivity (Wildman–Crippen MR) is 62.5 cm³/mol. The normalized spacial score (nSPS) is 9.73. The second kappa shape index (κ2) is 8.26. The maximum atomic E-state index is 10.7. The molecule has 0 bridgehead atoms. The van der Waals surface area contributed by atoms with Gasteiger partial charge in [0.1, 0.15) is 0 Å². The maximum absolute atomic E-state index is 10.7. The van der Waals surface area contributed by atoms with Gasteiger partial charge in [-0.3, -0.25) is 9.59 Å². The van der Waals surface area contributed by atoms with Gasteiger partial charge in [-0.15, -0.1) is 0 Å². The second-order valence-corrected chi connectivity index (χ2v) is 4.54. The van der Waals surface area contributed by atoms with Gasteiger partial charge >= 0.3 is 0 Å². The minimum Gasteiger partial charge on any atom is -0.359 e. The third-order valence-corrected chi connectivity index (χ3v) is 1.73. The van der Waals surface area contributed by atoms with Crippen molar-refractivity contribution in [1.82, 2.24) is 10.6 Å². The van der Waals surface area contributed by atoms with E-state index in [0.29, 0.717) is 6.42 Å². The van der Waals surface area contributed by atoms with Crippen LogP contribution in [0.1, 0.15) is 40.5 Å². The first-order chi connectivity index (χ1) is 6.72. The summed E-state index contributed by atoms with van der Waals surface area (Å²) in [7, 11) is 3.27. The van der Waals surface area contributed by atoms with Crippen LogP contribution >= 0.6 is 0 Å². The Morgan fingerprint density at radius 3 is 1.67 bits per heavy atom. The third-order valence-electron chi connectivity index (χ3n) is 1.73. The van der Waals surface area contributed by atoms with Crippen molar-refractivity contribution in [3.8, 4) is 0 Å². The van der Waals surface area contributed by atoms with E-state index in [1.165, 1.54) is 6.92 Å². The van der Waals surface area contributed by atoms with E-state index in [1.54, 1.807) is 14.1 Å². The molecule has 0 aliphatic carbocycles. The minimum atomic E-state index is 0.00463. The van der Waals surface area contributed by atoms with E-state index in [-0.39, 0.29) is 17.2 Å². The Bertz CT molecular complexity index is 195. The first kappa shape index (κ1) is 16.4. The quantitative estimate of drug-likeness (QED) is 0.731. The van der Waals surface area contributed by atoms with E-state index in [4.69, 9.17) is 0 Å². The summed E-state index contributed by atoms with van der Waals surface area (Å²) in [5.41, 5.74) is 0.270. The van der Waals surface area contributed by atoms with Crippen LogP contribution in [0.2, 0.25) is 0 Å². The van der Waals surface area contributed by atoms with Gasteiger partial charge in [0.25, 0.3) is 0 Å². The Kier molecular flexibility index (Phi) is 9.02. The molecule has 0 heterocycles. The molecule has 2 N–H and O–H groups in total. The van der Waals surface area contributed by atoms with Crippen molar-refractivity contribution in [1.29, 1.82) is 0 Å². The SMILES string of the molecule is CNC(=O)CCC(C)(C)C.CNC(C)=O. The summed E-state index contributed by atoms with van der Waals surface area (Å²) in [6.45, 7) is 7.88. The van der Waals surface area contributed by atoms with Gasteiger partial charge in [-0.2, -0.15) is 0 Å². The molecule has 0 aromatic heterocycles. The molecular formula is C11H24N2O2. The molecular weight excluding hydrogens is 192 g/mol. The summed E-state index contributed by atoms with van der Waals surface area (Å²) in [5, 5.41) is 4.99. The van der Waals surface area contributed by atoms with Gasteiger partial charge in [0.15, 0.2) is 0 Å². The highest BCUT2D eigenvalue weighted by Crippen LogP contribution is 2.19. The molecule has 0 saturated heterocycles. The molecule has 0 unspecified atom stereocenters. The Morgan fingerprint density at radius 2 is 1.47 bits per heavy atom. The van der Waals surface area contributed by atoms with Crippen LogP contribution in [0, 0.1) is 5.41 Å². The van der Waals surface area contributed by atoms with Crippen molar-refractivity contribution in [2.24, 2.45) is 5.41 Å². The highest BCUT2D eigenvalue weighted by molar-refractivity contribution is 5.75. The van der Waals surface area contributed by atoms with Crippen molar-refractivity contribution >= 4 is 11.8 Å². The van der Waals surface area contributed by atoms with Crippen LogP contribution < -0.4 is 10.6 Å². The number of nitrogens with one attached hydrogen (secondary N) is 2. The standard InChI is InChI=1S/C8H17NO.C3H7NO/c1-8(2,3)6-5-7(10)9-4;1-3(5)4-2/h5-6H2,1-4H3,(H,9,10);1-2H3,(H,4,5). The van der Waals surface area contributed by atoms with Crippen molar-refractivity contribution in [3.63, 3.8) is 0 Å². The molecule has 0 atom stereocenters. The van der Waals surface area contributed by atoms with Crippen LogP contribution in [0.3, 0.4) is 0 Å². The van der Waals surface area contributed by atoms with Crippen LogP contribution in [0.25, 0.3) is 0 Å². The van der Waals surface area contributed by atoms with E-state index in [2.05, 4.69) is 31.4 Å². The smallest absolute Gasteiger partial charge is 0.219 e. The zero-order valence-corrected chi connectivity index (χ0v) is 10.7. The van der Waals surface area contributed by atoms with E-state index < -0.39 is 0 Å². The Morgan fingerprint density at radius 1 is 1.07 bits per heavy atom. The van der Waals surface area contributed by atoms with Gasteiger partial charge in [0.05, 0.1) is 0 Å². The fraction of sp³-hybridized carbons (Fsp3) is 0.818. The first-order valence-electron chi connectivity index (χ1n) is 5.12. The molecule has 4 nitrogen and oxygen atoms in total. The van der Waals surface area contributed by atoms with E-state index in [1.807, 2.05) is 0 Å². The van der Waals surface area contributed by atoms with E-state index >= 15 is 0 Å². The predicted octanol–water partition coefficient (Wildman–Crippen LogP) is 1.31. The maximum Gasteiger partial charge on any atom is 0.219 e. The van der Waals surface area contributed by atoms with Gasteiger partial charge < -0.3 is 10.6 Å². The molecule has 0 aliphatic rings. The second-order valence-electron chi connectivity index (χ2n) is 4.54. The fourth-order valence-corrected chi connectivity index (χ4v) is 0.614. The average molecular weight is 216 g/mol. The number of hydrogen-bond acceptors (Lipinski definition) is 2. The highest BCUT2D eigenvalue weighted by atomic mass is 16.2.